The molecule has 1 fully saturated rings. The Labute approximate surface area is 131 Å². The molecular formula is C16H23ClN2O2. The summed E-state index contributed by atoms with van der Waals surface area (Å²) in [4.78, 5) is 19.0. The molecule has 0 radical (unpaired) electrons. The molecule has 0 spiro atoms. The van der Waals surface area contributed by atoms with Crippen molar-refractivity contribution < 1.29 is 9.53 Å². The van der Waals surface area contributed by atoms with Gasteiger partial charge in [-0.15, -0.1) is 0 Å². The second-order valence-electron chi connectivity index (χ2n) is 5.92. The van der Waals surface area contributed by atoms with Gasteiger partial charge in [-0.3, -0.25) is 4.79 Å². The molecule has 1 aromatic rings. The third-order valence-corrected chi connectivity index (χ3v) is 4.05. The van der Waals surface area contributed by atoms with Gasteiger partial charge in [-0.2, -0.15) is 0 Å². The molecule has 1 aromatic heterocycles. The van der Waals surface area contributed by atoms with E-state index in [-0.39, 0.29) is 24.0 Å². The summed E-state index contributed by atoms with van der Waals surface area (Å²) < 4.78 is 5.65. The van der Waals surface area contributed by atoms with Gasteiger partial charge >= 0.3 is 0 Å². The molecule has 0 N–H and O–H groups in total. The minimum Gasteiger partial charge on any atom is -0.375 e. The summed E-state index contributed by atoms with van der Waals surface area (Å²) in [5.74, 6) is 0.254. The Morgan fingerprint density at radius 2 is 2.24 bits per heavy atom. The van der Waals surface area contributed by atoms with E-state index in [1.54, 1.807) is 6.07 Å². The van der Waals surface area contributed by atoms with Gasteiger partial charge in [-0.1, -0.05) is 32.4 Å². The Balaban J connectivity index is 2.29. The van der Waals surface area contributed by atoms with Crippen molar-refractivity contribution in [3.63, 3.8) is 0 Å². The molecule has 0 aromatic carbocycles. The number of aromatic nitrogens is 1. The lowest BCUT2D eigenvalue weighted by atomic mass is 10.0. The van der Waals surface area contributed by atoms with E-state index in [0.717, 1.165) is 12.1 Å². The molecule has 1 amide bonds. The van der Waals surface area contributed by atoms with Crippen LogP contribution in [-0.2, 0) is 4.74 Å². The highest BCUT2D eigenvalue weighted by Gasteiger charge is 2.30. The maximum Gasteiger partial charge on any atom is 0.254 e. The van der Waals surface area contributed by atoms with Crippen LogP contribution in [0.2, 0.25) is 5.15 Å². The van der Waals surface area contributed by atoms with Gasteiger partial charge in [0.2, 0.25) is 0 Å². The third-order valence-electron chi connectivity index (χ3n) is 3.85. The minimum absolute atomic E-state index is 0.0169. The zero-order chi connectivity index (χ0) is 15.6. The number of pyridine rings is 1. The smallest absolute Gasteiger partial charge is 0.254 e. The van der Waals surface area contributed by atoms with Crippen molar-refractivity contribution >= 4 is 17.5 Å². The monoisotopic (exact) mass is 310 g/mol. The maximum atomic E-state index is 12.8. The number of halogens is 1. The van der Waals surface area contributed by atoms with Gasteiger partial charge in [0, 0.05) is 17.8 Å². The number of amides is 1. The number of carbonyl (C=O) groups is 1. The highest BCUT2D eigenvalue weighted by Crippen LogP contribution is 2.22. The predicted octanol–water partition coefficient (Wildman–Crippen LogP) is 3.50. The van der Waals surface area contributed by atoms with Crippen LogP contribution in [0.5, 0.6) is 0 Å². The topological polar surface area (TPSA) is 42.4 Å². The summed E-state index contributed by atoms with van der Waals surface area (Å²) in [5, 5.41) is 0.374. The Kier molecular flexibility index (Phi) is 5.22. The summed E-state index contributed by atoms with van der Waals surface area (Å²) in [5.41, 5.74) is 1.46. The highest BCUT2D eigenvalue weighted by molar-refractivity contribution is 6.29. The molecule has 2 rings (SSSR count). The second-order valence-corrected chi connectivity index (χ2v) is 6.31. The fourth-order valence-corrected chi connectivity index (χ4v) is 2.75. The highest BCUT2D eigenvalue weighted by atomic mass is 35.5. The van der Waals surface area contributed by atoms with Crippen LogP contribution < -0.4 is 0 Å². The summed E-state index contributed by atoms with van der Waals surface area (Å²) in [6.07, 6.45) is 0.951. The van der Waals surface area contributed by atoms with E-state index >= 15 is 0 Å². The van der Waals surface area contributed by atoms with Crippen LogP contribution in [-0.4, -0.2) is 41.1 Å². The predicted molar refractivity (Wildman–Crippen MR) is 83.9 cm³/mol. The number of nitrogens with zero attached hydrogens (tertiary/aromatic N) is 2. The molecule has 1 aliphatic heterocycles. The van der Waals surface area contributed by atoms with Crippen molar-refractivity contribution in [1.82, 2.24) is 9.88 Å². The standard InChI is InChI=1S/C16H23ClN2O2/c1-5-13-9-21-11(4)8-19(13)16(20)12-6-14(10(2)3)18-15(17)7-12/h6-7,10-11,13H,5,8-9H2,1-4H3. The number of hydrogen-bond donors (Lipinski definition) is 0. The van der Waals surface area contributed by atoms with Gasteiger partial charge in [0.05, 0.1) is 18.8 Å². The van der Waals surface area contributed by atoms with Crippen LogP contribution in [0.4, 0.5) is 0 Å². The lowest BCUT2D eigenvalue weighted by molar-refractivity contribution is -0.0444. The van der Waals surface area contributed by atoms with Crippen molar-refractivity contribution in [3.05, 3.63) is 28.5 Å². The van der Waals surface area contributed by atoms with Gasteiger partial charge in [-0.25, -0.2) is 4.98 Å². The average Bonchev–Trinajstić information content (AvgIpc) is 2.45. The lowest BCUT2D eigenvalue weighted by Gasteiger charge is -2.38. The van der Waals surface area contributed by atoms with Crippen LogP contribution in [0.25, 0.3) is 0 Å². The maximum absolute atomic E-state index is 12.8. The first-order chi connectivity index (χ1) is 9.92. The number of hydrogen-bond acceptors (Lipinski definition) is 3. The summed E-state index contributed by atoms with van der Waals surface area (Å²) in [7, 11) is 0. The first-order valence-corrected chi connectivity index (χ1v) is 7.90. The fraction of sp³-hybridized carbons (Fsp3) is 0.625. The van der Waals surface area contributed by atoms with Crippen LogP contribution >= 0.6 is 11.6 Å². The molecule has 2 heterocycles. The van der Waals surface area contributed by atoms with Crippen LogP contribution in [0, 0.1) is 0 Å². The van der Waals surface area contributed by atoms with E-state index in [9.17, 15) is 4.79 Å². The quantitative estimate of drug-likeness (QED) is 0.803. The SMILES string of the molecule is CCC1COC(C)CN1C(=O)c1cc(Cl)nc(C(C)C)c1. The Hall–Kier alpha value is -1.13. The van der Waals surface area contributed by atoms with Crippen molar-refractivity contribution in [2.75, 3.05) is 13.2 Å². The largest absolute Gasteiger partial charge is 0.375 e. The molecule has 116 valence electrons. The molecule has 4 nitrogen and oxygen atoms in total. The molecular weight excluding hydrogens is 288 g/mol. The zero-order valence-corrected chi connectivity index (χ0v) is 13.9. The van der Waals surface area contributed by atoms with Crippen LogP contribution in [0.3, 0.4) is 0 Å². The van der Waals surface area contributed by atoms with Crippen LogP contribution in [0.15, 0.2) is 12.1 Å². The summed E-state index contributed by atoms with van der Waals surface area (Å²) in [6.45, 7) is 9.36. The van der Waals surface area contributed by atoms with Crippen LogP contribution in [0.1, 0.15) is 56.1 Å². The van der Waals surface area contributed by atoms with Crippen molar-refractivity contribution in [3.8, 4) is 0 Å². The normalized spacial score (nSPS) is 22.7. The molecule has 5 heteroatoms. The first kappa shape index (κ1) is 16.2. The molecule has 0 bridgehead atoms. The number of ether oxygens (including phenoxy) is 1. The van der Waals surface area contributed by atoms with Gasteiger partial charge in [0.25, 0.3) is 5.91 Å². The van der Waals surface area contributed by atoms with Crippen molar-refractivity contribution in [2.45, 2.75) is 52.2 Å². The molecule has 1 aliphatic rings. The molecule has 0 aliphatic carbocycles. The number of morpholine rings is 1. The second kappa shape index (κ2) is 6.75. The summed E-state index contributed by atoms with van der Waals surface area (Å²) >= 11 is 6.07. The van der Waals surface area contributed by atoms with Crippen molar-refractivity contribution in [2.24, 2.45) is 0 Å². The third kappa shape index (κ3) is 3.74. The lowest BCUT2D eigenvalue weighted by Crippen LogP contribution is -2.51. The van der Waals surface area contributed by atoms with Gasteiger partial charge in [0.1, 0.15) is 5.15 Å². The van der Waals surface area contributed by atoms with Gasteiger partial charge in [0.15, 0.2) is 0 Å². The zero-order valence-electron chi connectivity index (χ0n) is 13.1. The van der Waals surface area contributed by atoms with E-state index in [2.05, 4.69) is 11.9 Å². The van der Waals surface area contributed by atoms with E-state index in [1.807, 2.05) is 31.7 Å². The van der Waals surface area contributed by atoms with E-state index in [4.69, 9.17) is 16.3 Å². The first-order valence-electron chi connectivity index (χ1n) is 7.52. The van der Waals surface area contributed by atoms with E-state index < -0.39 is 0 Å². The van der Waals surface area contributed by atoms with Gasteiger partial charge in [-0.05, 0) is 31.4 Å². The van der Waals surface area contributed by atoms with E-state index in [1.165, 1.54) is 0 Å². The van der Waals surface area contributed by atoms with Gasteiger partial charge < -0.3 is 9.64 Å². The minimum atomic E-state index is 0.0169. The molecule has 2 unspecified atom stereocenters. The number of carbonyl (C=O) groups excluding carboxylic acids is 1. The summed E-state index contributed by atoms with van der Waals surface area (Å²) in [6, 6.07) is 3.64. The molecule has 0 saturated carbocycles. The Morgan fingerprint density at radius 3 is 2.86 bits per heavy atom. The molecule has 2 atom stereocenters. The fourth-order valence-electron chi connectivity index (χ4n) is 2.53. The van der Waals surface area contributed by atoms with Crippen molar-refractivity contribution in [1.29, 1.82) is 0 Å². The van der Waals surface area contributed by atoms with E-state index in [0.29, 0.717) is 23.9 Å². The molecule has 21 heavy (non-hydrogen) atoms. The average molecular weight is 311 g/mol. The Morgan fingerprint density at radius 1 is 1.52 bits per heavy atom. The molecule has 1 saturated heterocycles. The Bertz CT molecular complexity index is 519. The number of rotatable bonds is 3.